The highest BCUT2D eigenvalue weighted by molar-refractivity contribution is 5.04. The molecule has 1 aliphatic heterocycles. The van der Waals surface area contributed by atoms with Crippen molar-refractivity contribution in [2.24, 2.45) is 0 Å². The maximum atomic E-state index is 5.83. The minimum atomic E-state index is -0.0583. The van der Waals surface area contributed by atoms with Gasteiger partial charge in [0.25, 0.3) is 0 Å². The Morgan fingerprint density at radius 3 is 2.95 bits per heavy atom. The molecule has 3 heterocycles. The molecule has 7 heteroatoms. The highest BCUT2D eigenvalue weighted by Crippen LogP contribution is 2.23. The number of rotatable bonds is 3. The van der Waals surface area contributed by atoms with Crippen LogP contribution < -0.4 is 0 Å². The first-order valence-electron chi connectivity index (χ1n) is 7.27. The zero-order chi connectivity index (χ0) is 14.9. The molecule has 0 spiro atoms. The first-order valence-corrected chi connectivity index (χ1v) is 7.27. The summed E-state index contributed by atoms with van der Waals surface area (Å²) in [5.74, 6) is 2.61. The summed E-state index contributed by atoms with van der Waals surface area (Å²) in [6.07, 6.45) is 3.57. The van der Waals surface area contributed by atoms with Crippen LogP contribution >= 0.6 is 0 Å². The summed E-state index contributed by atoms with van der Waals surface area (Å²) in [6.45, 7) is 9.49. The maximum Gasteiger partial charge on any atom is 0.156 e. The fourth-order valence-electron chi connectivity index (χ4n) is 2.36. The molecule has 21 heavy (non-hydrogen) atoms. The lowest BCUT2D eigenvalue weighted by atomic mass is 9.96. The van der Waals surface area contributed by atoms with Gasteiger partial charge in [-0.1, -0.05) is 20.8 Å². The van der Waals surface area contributed by atoms with E-state index >= 15 is 0 Å². The largest absolute Gasteiger partial charge is 0.368 e. The van der Waals surface area contributed by atoms with Crippen molar-refractivity contribution in [1.82, 2.24) is 30.0 Å². The smallest absolute Gasteiger partial charge is 0.156 e. The van der Waals surface area contributed by atoms with Crippen LogP contribution in [0.3, 0.4) is 0 Å². The van der Waals surface area contributed by atoms with Crippen LogP contribution in [0.15, 0.2) is 12.4 Å². The van der Waals surface area contributed by atoms with Crippen LogP contribution in [0, 0.1) is 0 Å². The number of aromatic amines is 2. The van der Waals surface area contributed by atoms with E-state index in [9.17, 15) is 0 Å². The van der Waals surface area contributed by atoms with Crippen molar-refractivity contribution in [2.75, 3.05) is 19.7 Å². The fourth-order valence-corrected chi connectivity index (χ4v) is 2.36. The molecule has 1 atom stereocenters. The second-order valence-corrected chi connectivity index (χ2v) is 6.42. The first-order chi connectivity index (χ1) is 10.0. The van der Waals surface area contributed by atoms with Gasteiger partial charge in [-0.05, 0) is 0 Å². The van der Waals surface area contributed by atoms with Gasteiger partial charge in [0.2, 0.25) is 0 Å². The van der Waals surface area contributed by atoms with Crippen molar-refractivity contribution in [2.45, 2.75) is 38.8 Å². The molecule has 2 aromatic heterocycles. The lowest BCUT2D eigenvalue weighted by molar-refractivity contribution is -0.0377. The van der Waals surface area contributed by atoms with Gasteiger partial charge in [-0.25, -0.2) is 9.97 Å². The van der Waals surface area contributed by atoms with Gasteiger partial charge in [0.15, 0.2) is 11.6 Å². The predicted molar refractivity (Wildman–Crippen MR) is 77.6 cm³/mol. The van der Waals surface area contributed by atoms with Crippen LogP contribution in [0.2, 0.25) is 0 Å². The quantitative estimate of drug-likeness (QED) is 0.893. The van der Waals surface area contributed by atoms with Gasteiger partial charge < -0.3 is 9.72 Å². The molecular weight excluding hydrogens is 268 g/mol. The highest BCUT2D eigenvalue weighted by Gasteiger charge is 2.27. The summed E-state index contributed by atoms with van der Waals surface area (Å²) in [6, 6.07) is 0. The standard InChI is InChI=1S/C14H22N6O/c1-14(2,3)13-17-12(18-19-13)10-8-20(6-7-21-10)9-11-15-4-5-16-11/h4-5,10H,6-9H2,1-3H3,(H,15,16)(H,17,18,19). The van der Waals surface area contributed by atoms with Gasteiger partial charge in [-0.2, -0.15) is 5.10 Å². The molecule has 0 saturated carbocycles. The van der Waals surface area contributed by atoms with Crippen molar-refractivity contribution in [3.05, 3.63) is 29.9 Å². The summed E-state index contributed by atoms with van der Waals surface area (Å²) < 4.78 is 5.83. The zero-order valence-electron chi connectivity index (χ0n) is 12.8. The van der Waals surface area contributed by atoms with Crippen molar-refractivity contribution < 1.29 is 4.74 Å². The Labute approximate surface area is 124 Å². The van der Waals surface area contributed by atoms with E-state index in [4.69, 9.17) is 4.74 Å². The lowest BCUT2D eigenvalue weighted by Crippen LogP contribution is -2.38. The van der Waals surface area contributed by atoms with Crippen molar-refractivity contribution in [1.29, 1.82) is 0 Å². The number of imidazole rings is 1. The third kappa shape index (κ3) is 3.30. The van der Waals surface area contributed by atoms with Crippen LogP contribution in [0.25, 0.3) is 0 Å². The second kappa shape index (κ2) is 5.57. The molecule has 2 N–H and O–H groups in total. The van der Waals surface area contributed by atoms with Gasteiger partial charge in [0.1, 0.15) is 11.9 Å². The van der Waals surface area contributed by atoms with Crippen LogP contribution in [-0.4, -0.2) is 49.7 Å². The van der Waals surface area contributed by atoms with Crippen LogP contribution in [0.5, 0.6) is 0 Å². The number of hydrogen-bond acceptors (Lipinski definition) is 5. The fraction of sp³-hybridized carbons (Fsp3) is 0.643. The zero-order valence-corrected chi connectivity index (χ0v) is 12.8. The van der Waals surface area contributed by atoms with Crippen molar-refractivity contribution in [3.8, 4) is 0 Å². The molecule has 1 aliphatic rings. The summed E-state index contributed by atoms with van der Waals surface area (Å²) in [7, 11) is 0. The average Bonchev–Trinajstić information content (AvgIpc) is 3.09. The Balaban J connectivity index is 1.67. The van der Waals surface area contributed by atoms with Gasteiger partial charge >= 0.3 is 0 Å². The molecule has 1 unspecified atom stereocenters. The van der Waals surface area contributed by atoms with E-state index in [-0.39, 0.29) is 11.5 Å². The Morgan fingerprint density at radius 2 is 2.29 bits per heavy atom. The summed E-state index contributed by atoms with van der Waals surface area (Å²) >= 11 is 0. The molecule has 0 amide bonds. The molecule has 7 nitrogen and oxygen atoms in total. The van der Waals surface area contributed by atoms with E-state index in [1.54, 1.807) is 6.20 Å². The van der Waals surface area contributed by atoms with Crippen LogP contribution in [0.4, 0.5) is 0 Å². The Hall–Kier alpha value is -1.73. The lowest BCUT2D eigenvalue weighted by Gasteiger charge is -2.31. The summed E-state index contributed by atoms with van der Waals surface area (Å²) in [5, 5.41) is 7.34. The van der Waals surface area contributed by atoms with Crippen molar-refractivity contribution >= 4 is 0 Å². The summed E-state index contributed by atoms with van der Waals surface area (Å²) in [5.41, 5.74) is -0.0583. The molecule has 0 aliphatic carbocycles. The number of morpholine rings is 1. The van der Waals surface area contributed by atoms with Crippen LogP contribution in [0.1, 0.15) is 44.3 Å². The number of aromatic nitrogens is 5. The number of nitrogens with zero attached hydrogens (tertiary/aromatic N) is 4. The molecule has 0 aromatic carbocycles. The third-order valence-electron chi connectivity index (χ3n) is 3.56. The minimum Gasteiger partial charge on any atom is -0.368 e. The van der Waals surface area contributed by atoms with Gasteiger partial charge in [-0.15, -0.1) is 0 Å². The normalized spacial score (nSPS) is 20.8. The number of ether oxygens (including phenoxy) is 1. The van der Waals surface area contributed by atoms with Gasteiger partial charge in [-0.3, -0.25) is 10.00 Å². The molecule has 1 fully saturated rings. The number of nitrogens with one attached hydrogen (secondary N) is 2. The topological polar surface area (TPSA) is 82.7 Å². The van der Waals surface area contributed by atoms with Crippen LogP contribution in [-0.2, 0) is 16.7 Å². The number of hydrogen-bond donors (Lipinski definition) is 2. The minimum absolute atomic E-state index is 0.0580. The molecule has 114 valence electrons. The van der Waals surface area contributed by atoms with E-state index < -0.39 is 0 Å². The highest BCUT2D eigenvalue weighted by atomic mass is 16.5. The van der Waals surface area contributed by atoms with E-state index in [1.807, 2.05) is 6.20 Å². The monoisotopic (exact) mass is 290 g/mol. The average molecular weight is 290 g/mol. The number of H-pyrrole nitrogens is 2. The summed E-state index contributed by atoms with van der Waals surface area (Å²) in [4.78, 5) is 14.3. The van der Waals surface area contributed by atoms with Crippen molar-refractivity contribution in [3.63, 3.8) is 0 Å². The Bertz CT molecular complexity index is 571. The van der Waals surface area contributed by atoms with Gasteiger partial charge in [0.05, 0.1) is 13.2 Å². The molecule has 1 saturated heterocycles. The SMILES string of the molecule is CC(C)(C)c1n[nH]c(C2CN(Cc3ncc[nH]3)CCO2)n1. The van der Waals surface area contributed by atoms with Gasteiger partial charge in [0, 0.05) is 30.9 Å². The Kier molecular flexibility index (Phi) is 3.77. The van der Waals surface area contributed by atoms with E-state index in [2.05, 4.69) is 50.8 Å². The second-order valence-electron chi connectivity index (χ2n) is 6.42. The predicted octanol–water partition coefficient (Wildman–Crippen LogP) is 1.40. The molecule has 0 radical (unpaired) electrons. The maximum absolute atomic E-state index is 5.83. The molecule has 0 bridgehead atoms. The van der Waals surface area contributed by atoms with E-state index in [1.165, 1.54) is 0 Å². The molecular formula is C14H22N6O. The Morgan fingerprint density at radius 1 is 1.43 bits per heavy atom. The first kappa shape index (κ1) is 14.2. The van der Waals surface area contributed by atoms with E-state index in [0.717, 1.165) is 37.1 Å². The third-order valence-corrected chi connectivity index (χ3v) is 3.56. The molecule has 2 aromatic rings. The molecule has 3 rings (SSSR count). The van der Waals surface area contributed by atoms with E-state index in [0.29, 0.717) is 6.61 Å².